The van der Waals surface area contributed by atoms with E-state index in [4.69, 9.17) is 5.73 Å². The molecule has 1 fully saturated rings. The number of likely N-dealkylation sites (tertiary alicyclic amines) is 1. The lowest BCUT2D eigenvalue weighted by molar-refractivity contribution is -0.131. The van der Waals surface area contributed by atoms with Crippen molar-refractivity contribution < 1.29 is 9.90 Å². The maximum absolute atomic E-state index is 12.0. The highest BCUT2D eigenvalue weighted by atomic mass is 16.3. The Morgan fingerprint density at radius 2 is 2.18 bits per heavy atom. The second-order valence-electron chi connectivity index (χ2n) is 4.52. The molecule has 1 aliphatic rings. The fourth-order valence-electron chi connectivity index (χ4n) is 2.13. The summed E-state index contributed by atoms with van der Waals surface area (Å²) in [6.07, 6.45) is 0.818. The first-order valence-electron chi connectivity index (χ1n) is 5.93. The number of carbonyl (C=O) groups excluding carboxylic acids is 1. The molecule has 0 spiro atoms. The molecule has 1 unspecified atom stereocenters. The number of nitrogens with zero attached hydrogens (tertiary/aromatic N) is 1. The van der Waals surface area contributed by atoms with Gasteiger partial charge in [-0.15, -0.1) is 0 Å². The van der Waals surface area contributed by atoms with E-state index in [1.807, 2.05) is 30.3 Å². The molecule has 4 nitrogen and oxygen atoms in total. The minimum absolute atomic E-state index is 0.0644. The molecule has 0 saturated carbocycles. The van der Waals surface area contributed by atoms with Crippen molar-refractivity contribution >= 4 is 5.91 Å². The van der Waals surface area contributed by atoms with Crippen molar-refractivity contribution in [2.24, 2.45) is 5.73 Å². The molecule has 0 aliphatic carbocycles. The van der Waals surface area contributed by atoms with Crippen LogP contribution in [0.1, 0.15) is 12.0 Å². The zero-order chi connectivity index (χ0) is 12.3. The molecular weight excluding hydrogens is 216 g/mol. The first-order chi connectivity index (χ1) is 8.16. The van der Waals surface area contributed by atoms with Crippen LogP contribution < -0.4 is 5.73 Å². The third-order valence-electron chi connectivity index (χ3n) is 3.09. The summed E-state index contributed by atoms with van der Waals surface area (Å²) >= 11 is 0. The van der Waals surface area contributed by atoms with Gasteiger partial charge in [-0.1, -0.05) is 30.3 Å². The van der Waals surface area contributed by atoms with E-state index in [2.05, 4.69) is 0 Å². The molecule has 1 saturated heterocycles. The molecule has 17 heavy (non-hydrogen) atoms. The van der Waals surface area contributed by atoms with Gasteiger partial charge in [-0.25, -0.2) is 0 Å². The van der Waals surface area contributed by atoms with Crippen LogP contribution in [-0.4, -0.2) is 41.1 Å². The predicted octanol–water partition coefficient (Wildman–Crippen LogP) is 0.150. The van der Waals surface area contributed by atoms with Crippen LogP contribution in [0.4, 0.5) is 0 Å². The van der Waals surface area contributed by atoms with Crippen LogP contribution in [0.15, 0.2) is 30.3 Å². The molecule has 1 amide bonds. The average Bonchev–Trinajstić information content (AvgIpc) is 2.76. The fourth-order valence-corrected chi connectivity index (χ4v) is 2.13. The molecule has 2 atom stereocenters. The molecule has 1 heterocycles. The molecule has 0 radical (unpaired) electrons. The van der Waals surface area contributed by atoms with Gasteiger partial charge in [0.2, 0.25) is 5.91 Å². The van der Waals surface area contributed by atoms with Gasteiger partial charge in [0.15, 0.2) is 0 Å². The number of hydrogen-bond donors (Lipinski definition) is 2. The third-order valence-corrected chi connectivity index (χ3v) is 3.09. The van der Waals surface area contributed by atoms with Gasteiger partial charge in [-0.05, 0) is 18.4 Å². The van der Waals surface area contributed by atoms with E-state index in [0.717, 1.165) is 5.56 Å². The predicted molar refractivity (Wildman–Crippen MR) is 65.3 cm³/mol. The van der Waals surface area contributed by atoms with Crippen LogP contribution in [0.3, 0.4) is 0 Å². The van der Waals surface area contributed by atoms with Crippen molar-refractivity contribution in [3.8, 4) is 0 Å². The standard InChI is InChI=1S/C13H18N2O2/c14-12(8-10-4-2-1-3-5-10)13(17)15-7-6-11(16)9-15/h1-5,11-12,16H,6-9,14H2/t11-,12?/m1/s1. The van der Waals surface area contributed by atoms with Crippen LogP contribution >= 0.6 is 0 Å². The summed E-state index contributed by atoms with van der Waals surface area (Å²) < 4.78 is 0. The van der Waals surface area contributed by atoms with Gasteiger partial charge in [0.05, 0.1) is 12.1 Å². The molecule has 0 bridgehead atoms. The number of benzene rings is 1. The summed E-state index contributed by atoms with van der Waals surface area (Å²) in [5.41, 5.74) is 6.96. The molecule has 0 aromatic heterocycles. The molecule has 2 rings (SSSR count). The minimum Gasteiger partial charge on any atom is -0.391 e. The number of aliphatic hydroxyl groups is 1. The zero-order valence-corrected chi connectivity index (χ0v) is 9.75. The van der Waals surface area contributed by atoms with Crippen molar-refractivity contribution in [1.82, 2.24) is 4.90 Å². The first kappa shape index (κ1) is 12.1. The third kappa shape index (κ3) is 3.05. The normalized spacial score (nSPS) is 21.5. The molecule has 1 aliphatic heterocycles. The summed E-state index contributed by atoms with van der Waals surface area (Å²) in [4.78, 5) is 13.6. The Morgan fingerprint density at radius 1 is 1.47 bits per heavy atom. The minimum atomic E-state index is -0.511. The summed E-state index contributed by atoms with van der Waals surface area (Å²) in [5, 5.41) is 9.39. The van der Waals surface area contributed by atoms with E-state index >= 15 is 0 Å². The lowest BCUT2D eigenvalue weighted by Gasteiger charge is -2.20. The Kier molecular flexibility index (Phi) is 3.76. The van der Waals surface area contributed by atoms with Gasteiger partial charge >= 0.3 is 0 Å². The largest absolute Gasteiger partial charge is 0.391 e. The van der Waals surface area contributed by atoms with Crippen LogP contribution in [0.2, 0.25) is 0 Å². The van der Waals surface area contributed by atoms with Gasteiger partial charge in [-0.2, -0.15) is 0 Å². The lowest BCUT2D eigenvalue weighted by Crippen LogP contribution is -2.44. The second kappa shape index (κ2) is 5.29. The Labute approximate surface area is 101 Å². The van der Waals surface area contributed by atoms with E-state index in [0.29, 0.717) is 25.9 Å². The Bertz CT molecular complexity index is 380. The van der Waals surface area contributed by atoms with Gasteiger partial charge in [0.25, 0.3) is 0 Å². The second-order valence-corrected chi connectivity index (χ2v) is 4.52. The van der Waals surface area contributed by atoms with E-state index in [1.54, 1.807) is 4.90 Å². The lowest BCUT2D eigenvalue weighted by atomic mass is 10.1. The highest BCUT2D eigenvalue weighted by Crippen LogP contribution is 2.11. The topological polar surface area (TPSA) is 66.6 Å². The Morgan fingerprint density at radius 3 is 2.76 bits per heavy atom. The summed E-state index contributed by atoms with van der Waals surface area (Å²) in [7, 11) is 0. The first-order valence-corrected chi connectivity index (χ1v) is 5.93. The van der Waals surface area contributed by atoms with Crippen molar-refractivity contribution in [2.45, 2.75) is 25.0 Å². The zero-order valence-electron chi connectivity index (χ0n) is 9.75. The number of carbonyl (C=O) groups is 1. The SMILES string of the molecule is NC(Cc1ccccc1)C(=O)N1CC[C@@H](O)C1. The van der Waals surface area contributed by atoms with Gasteiger partial charge in [0.1, 0.15) is 0 Å². The van der Waals surface area contributed by atoms with Crippen molar-refractivity contribution in [3.63, 3.8) is 0 Å². The average molecular weight is 234 g/mol. The summed E-state index contributed by atoms with van der Waals surface area (Å²) in [6, 6.07) is 9.23. The number of nitrogens with two attached hydrogens (primary N) is 1. The van der Waals surface area contributed by atoms with Crippen LogP contribution in [0.5, 0.6) is 0 Å². The molecule has 3 N–H and O–H groups in total. The van der Waals surface area contributed by atoms with Crippen molar-refractivity contribution in [1.29, 1.82) is 0 Å². The molecule has 4 heteroatoms. The maximum Gasteiger partial charge on any atom is 0.239 e. The van der Waals surface area contributed by atoms with Crippen LogP contribution in [0.25, 0.3) is 0 Å². The smallest absolute Gasteiger partial charge is 0.239 e. The number of hydrogen-bond acceptors (Lipinski definition) is 3. The highest BCUT2D eigenvalue weighted by molar-refractivity contribution is 5.82. The van der Waals surface area contributed by atoms with Gasteiger partial charge in [0, 0.05) is 13.1 Å². The van der Waals surface area contributed by atoms with E-state index < -0.39 is 6.04 Å². The number of β-amino-alcohol motifs (C(OH)–C–C–N with tert-alkyl or cyclic N) is 1. The quantitative estimate of drug-likeness (QED) is 0.782. The molecule has 92 valence electrons. The number of aliphatic hydroxyl groups excluding tert-OH is 1. The monoisotopic (exact) mass is 234 g/mol. The summed E-state index contributed by atoms with van der Waals surface area (Å²) in [5.74, 6) is -0.0644. The maximum atomic E-state index is 12.0. The van der Waals surface area contributed by atoms with E-state index in [1.165, 1.54) is 0 Å². The molecular formula is C13H18N2O2. The fraction of sp³-hybridized carbons (Fsp3) is 0.462. The highest BCUT2D eigenvalue weighted by Gasteiger charge is 2.27. The van der Waals surface area contributed by atoms with Crippen LogP contribution in [0, 0.1) is 0 Å². The molecule has 1 aromatic carbocycles. The Hall–Kier alpha value is -1.39. The summed E-state index contributed by atoms with van der Waals surface area (Å²) in [6.45, 7) is 1.03. The van der Waals surface area contributed by atoms with E-state index in [-0.39, 0.29) is 12.0 Å². The number of rotatable bonds is 3. The molecule has 1 aromatic rings. The Balaban J connectivity index is 1.92. The van der Waals surface area contributed by atoms with Crippen molar-refractivity contribution in [3.05, 3.63) is 35.9 Å². The van der Waals surface area contributed by atoms with Crippen molar-refractivity contribution in [2.75, 3.05) is 13.1 Å². The van der Waals surface area contributed by atoms with Crippen LogP contribution in [-0.2, 0) is 11.2 Å². The van der Waals surface area contributed by atoms with Gasteiger partial charge in [-0.3, -0.25) is 4.79 Å². The number of amides is 1. The van der Waals surface area contributed by atoms with Gasteiger partial charge < -0.3 is 15.7 Å². The van der Waals surface area contributed by atoms with E-state index in [9.17, 15) is 9.90 Å².